The lowest BCUT2D eigenvalue weighted by atomic mass is 10.2. The minimum Gasteiger partial charge on any atom is -0.476 e. The van der Waals surface area contributed by atoms with Crippen LogP contribution in [0.2, 0.25) is 0 Å². The van der Waals surface area contributed by atoms with Crippen molar-refractivity contribution >= 4 is 17.7 Å². The van der Waals surface area contributed by atoms with E-state index in [0.717, 1.165) is 70.3 Å². The van der Waals surface area contributed by atoms with E-state index in [1.54, 1.807) is 6.21 Å². The van der Waals surface area contributed by atoms with Gasteiger partial charge in [-0.25, -0.2) is 0 Å². The average molecular weight is 425 g/mol. The van der Waals surface area contributed by atoms with Gasteiger partial charge >= 0.3 is 0 Å². The summed E-state index contributed by atoms with van der Waals surface area (Å²) in [6.07, 6.45) is 1.81. The molecule has 0 spiro atoms. The minimum atomic E-state index is 0.617. The van der Waals surface area contributed by atoms with Crippen molar-refractivity contribution in [3.63, 3.8) is 0 Å². The molecule has 0 radical (unpaired) electrons. The SMILES string of the molecule is Cc1cccc(/C=N/Nc2cc(N3CCOCC3)cc(OCCN3CCNCC3)n2)c1. The number of pyridine rings is 1. The molecule has 2 aliphatic rings. The third-order valence-corrected chi connectivity index (χ3v) is 5.46. The van der Waals surface area contributed by atoms with Gasteiger partial charge in [-0.15, -0.1) is 0 Å². The number of hydrogen-bond acceptors (Lipinski definition) is 8. The molecule has 0 aliphatic carbocycles. The highest BCUT2D eigenvalue weighted by Crippen LogP contribution is 2.25. The van der Waals surface area contributed by atoms with Gasteiger partial charge in [-0.1, -0.05) is 29.8 Å². The van der Waals surface area contributed by atoms with Crippen LogP contribution in [-0.4, -0.2) is 81.7 Å². The van der Waals surface area contributed by atoms with Crippen molar-refractivity contribution in [2.24, 2.45) is 5.10 Å². The number of hydrazone groups is 1. The molecule has 4 rings (SSSR count). The second kappa shape index (κ2) is 11.1. The predicted octanol–water partition coefficient (Wildman–Crippen LogP) is 1.96. The van der Waals surface area contributed by atoms with E-state index in [-0.39, 0.29) is 0 Å². The smallest absolute Gasteiger partial charge is 0.217 e. The Balaban J connectivity index is 1.43. The summed E-state index contributed by atoms with van der Waals surface area (Å²) in [7, 11) is 0. The average Bonchev–Trinajstić information content (AvgIpc) is 2.80. The first-order valence-corrected chi connectivity index (χ1v) is 11.0. The summed E-state index contributed by atoms with van der Waals surface area (Å²) >= 11 is 0. The largest absolute Gasteiger partial charge is 0.476 e. The van der Waals surface area contributed by atoms with Crippen molar-refractivity contribution < 1.29 is 9.47 Å². The molecule has 31 heavy (non-hydrogen) atoms. The van der Waals surface area contributed by atoms with E-state index in [9.17, 15) is 0 Å². The summed E-state index contributed by atoms with van der Waals surface area (Å²) in [6, 6.07) is 12.2. The van der Waals surface area contributed by atoms with E-state index in [4.69, 9.17) is 9.47 Å². The monoisotopic (exact) mass is 424 g/mol. The zero-order valence-corrected chi connectivity index (χ0v) is 18.2. The first kappa shape index (κ1) is 21.5. The Morgan fingerprint density at radius 1 is 1.16 bits per heavy atom. The minimum absolute atomic E-state index is 0.617. The van der Waals surface area contributed by atoms with Gasteiger partial charge in [0, 0.05) is 63.6 Å². The molecule has 0 bridgehead atoms. The van der Waals surface area contributed by atoms with Crippen LogP contribution in [0.1, 0.15) is 11.1 Å². The standard InChI is InChI=1S/C23H32N6O2/c1-19-3-2-4-20(15-19)18-25-27-22-16-21(29-10-12-30-13-11-29)17-23(26-22)31-14-9-28-7-5-24-6-8-28/h2-4,15-18,24H,5-14H2,1H3,(H,26,27)/b25-18+. The second-order valence-corrected chi connectivity index (χ2v) is 7.87. The Morgan fingerprint density at radius 3 is 2.81 bits per heavy atom. The first-order valence-electron chi connectivity index (χ1n) is 11.0. The Kier molecular flexibility index (Phi) is 7.71. The Labute approximate surface area is 184 Å². The summed E-state index contributed by atoms with van der Waals surface area (Å²) in [4.78, 5) is 9.33. The highest BCUT2D eigenvalue weighted by molar-refractivity contribution is 5.80. The van der Waals surface area contributed by atoms with Crippen LogP contribution >= 0.6 is 0 Å². The lowest BCUT2D eigenvalue weighted by Crippen LogP contribution is -2.44. The van der Waals surface area contributed by atoms with Crippen LogP contribution in [0, 0.1) is 6.92 Å². The number of ether oxygens (including phenoxy) is 2. The van der Waals surface area contributed by atoms with Crippen molar-refractivity contribution in [3.8, 4) is 5.88 Å². The molecule has 2 N–H and O–H groups in total. The number of anilines is 2. The molecule has 1 aromatic heterocycles. The maximum Gasteiger partial charge on any atom is 0.217 e. The molecule has 2 fully saturated rings. The van der Waals surface area contributed by atoms with Crippen LogP contribution in [0.5, 0.6) is 5.88 Å². The van der Waals surface area contributed by atoms with E-state index in [0.29, 0.717) is 18.3 Å². The molecule has 8 nitrogen and oxygen atoms in total. The number of benzene rings is 1. The zero-order valence-electron chi connectivity index (χ0n) is 18.2. The van der Waals surface area contributed by atoms with Gasteiger partial charge in [0.15, 0.2) is 5.82 Å². The van der Waals surface area contributed by atoms with E-state index >= 15 is 0 Å². The molecule has 2 aliphatic heterocycles. The maximum absolute atomic E-state index is 6.04. The number of nitrogens with zero attached hydrogens (tertiary/aromatic N) is 4. The van der Waals surface area contributed by atoms with Crippen LogP contribution in [-0.2, 0) is 4.74 Å². The van der Waals surface area contributed by atoms with Crippen molar-refractivity contribution in [2.45, 2.75) is 6.92 Å². The summed E-state index contributed by atoms with van der Waals surface area (Å²) in [5.74, 6) is 1.29. The van der Waals surface area contributed by atoms with Gasteiger partial charge in [0.25, 0.3) is 0 Å². The molecule has 2 saturated heterocycles. The lowest BCUT2D eigenvalue weighted by molar-refractivity contribution is 0.122. The van der Waals surface area contributed by atoms with Gasteiger partial charge < -0.3 is 19.7 Å². The van der Waals surface area contributed by atoms with Crippen molar-refractivity contribution in [1.29, 1.82) is 0 Å². The quantitative estimate of drug-likeness (QED) is 0.496. The van der Waals surface area contributed by atoms with Gasteiger partial charge in [0.05, 0.1) is 19.4 Å². The molecule has 0 amide bonds. The number of hydrogen-bond donors (Lipinski definition) is 2. The highest BCUT2D eigenvalue weighted by atomic mass is 16.5. The van der Waals surface area contributed by atoms with Gasteiger partial charge in [-0.2, -0.15) is 10.1 Å². The molecule has 8 heteroatoms. The highest BCUT2D eigenvalue weighted by Gasteiger charge is 2.15. The second-order valence-electron chi connectivity index (χ2n) is 7.87. The fraction of sp³-hybridized carbons (Fsp3) is 0.478. The maximum atomic E-state index is 6.04. The van der Waals surface area contributed by atoms with E-state index in [1.165, 1.54) is 5.56 Å². The number of morpholine rings is 1. The molecule has 0 atom stereocenters. The third-order valence-electron chi connectivity index (χ3n) is 5.46. The van der Waals surface area contributed by atoms with E-state index in [1.807, 2.05) is 24.3 Å². The first-order chi connectivity index (χ1) is 15.3. The van der Waals surface area contributed by atoms with E-state index < -0.39 is 0 Å². The van der Waals surface area contributed by atoms with Gasteiger partial charge in [0.2, 0.25) is 5.88 Å². The number of aryl methyl sites for hydroxylation is 1. The third kappa shape index (κ3) is 6.65. The summed E-state index contributed by atoms with van der Waals surface area (Å²) in [5, 5.41) is 7.76. The fourth-order valence-corrected chi connectivity index (χ4v) is 3.76. The zero-order chi connectivity index (χ0) is 21.3. The van der Waals surface area contributed by atoms with Crippen LogP contribution in [0.25, 0.3) is 0 Å². The topological polar surface area (TPSA) is 74.2 Å². The van der Waals surface area contributed by atoms with Crippen LogP contribution < -0.4 is 20.4 Å². The number of aromatic nitrogens is 1. The Bertz CT molecular complexity index is 863. The van der Waals surface area contributed by atoms with Crippen LogP contribution in [0.15, 0.2) is 41.5 Å². The number of piperazine rings is 1. The molecule has 166 valence electrons. The molecular formula is C23H32N6O2. The van der Waals surface area contributed by atoms with Crippen LogP contribution in [0.3, 0.4) is 0 Å². The van der Waals surface area contributed by atoms with Gasteiger partial charge in [-0.3, -0.25) is 10.3 Å². The van der Waals surface area contributed by atoms with Crippen molar-refractivity contribution in [1.82, 2.24) is 15.2 Å². The van der Waals surface area contributed by atoms with Gasteiger partial charge in [-0.05, 0) is 12.5 Å². The lowest BCUT2D eigenvalue weighted by Gasteiger charge is -2.29. The predicted molar refractivity (Wildman–Crippen MR) is 124 cm³/mol. The van der Waals surface area contributed by atoms with Crippen LogP contribution in [0.4, 0.5) is 11.5 Å². The Hall–Kier alpha value is -2.68. The van der Waals surface area contributed by atoms with Gasteiger partial charge in [0.1, 0.15) is 6.61 Å². The molecule has 2 aromatic rings. The summed E-state index contributed by atoms with van der Waals surface area (Å²) in [6.45, 7) is 11.0. The molecular weight excluding hydrogens is 392 g/mol. The molecule has 1 aromatic carbocycles. The number of nitrogens with one attached hydrogen (secondary N) is 2. The van der Waals surface area contributed by atoms with Crippen molar-refractivity contribution in [3.05, 3.63) is 47.5 Å². The normalized spacial score (nSPS) is 17.8. The summed E-state index contributed by atoms with van der Waals surface area (Å²) < 4.78 is 11.5. The van der Waals surface area contributed by atoms with E-state index in [2.05, 4.69) is 49.7 Å². The molecule has 0 saturated carbocycles. The summed E-state index contributed by atoms with van der Waals surface area (Å²) in [5.41, 5.74) is 6.40. The Morgan fingerprint density at radius 2 is 2.00 bits per heavy atom. The fourth-order valence-electron chi connectivity index (χ4n) is 3.76. The molecule has 3 heterocycles. The molecule has 0 unspecified atom stereocenters. The number of rotatable bonds is 8. The van der Waals surface area contributed by atoms with Crippen molar-refractivity contribution in [2.75, 3.05) is 76.0 Å².